The van der Waals surface area contributed by atoms with Crippen LogP contribution in [0.1, 0.15) is 32.7 Å². The van der Waals surface area contributed by atoms with Gasteiger partial charge in [0.25, 0.3) is 17.6 Å². The summed E-state index contributed by atoms with van der Waals surface area (Å²) in [6, 6.07) is 13.6. The first-order valence-electron chi connectivity index (χ1n) is 11.3. The Morgan fingerprint density at radius 3 is 2.56 bits per heavy atom. The fourth-order valence-electron chi connectivity index (χ4n) is 4.47. The number of likely N-dealkylation sites (N-methyl/N-ethyl adjacent to an activating group) is 1. The number of aromatic nitrogens is 1. The smallest absolute Gasteiger partial charge is 0.294 e. The third kappa shape index (κ3) is 5.00. The van der Waals surface area contributed by atoms with Gasteiger partial charge < -0.3 is 14.8 Å². The summed E-state index contributed by atoms with van der Waals surface area (Å²) in [4.78, 5) is 41.6. The molecule has 0 unspecified atom stereocenters. The van der Waals surface area contributed by atoms with Gasteiger partial charge >= 0.3 is 0 Å². The van der Waals surface area contributed by atoms with Gasteiger partial charge in [0.05, 0.1) is 21.7 Å². The van der Waals surface area contributed by atoms with Gasteiger partial charge in [-0.2, -0.15) is 0 Å². The molecule has 0 spiro atoms. The number of fused-ring (bicyclic) bond motifs is 1. The second-order valence-electron chi connectivity index (χ2n) is 9.12. The summed E-state index contributed by atoms with van der Waals surface area (Å²) in [5.41, 5.74) is 2.53. The summed E-state index contributed by atoms with van der Waals surface area (Å²) < 4.78 is 1.74. The van der Waals surface area contributed by atoms with Crippen LogP contribution in [-0.2, 0) is 18.4 Å². The van der Waals surface area contributed by atoms with Crippen molar-refractivity contribution in [3.05, 3.63) is 70.4 Å². The monoisotopic (exact) mass is 480 g/mol. The summed E-state index contributed by atoms with van der Waals surface area (Å²) >= 11 is 6.44. The number of nitrogens with zero attached hydrogens (tertiary/aromatic N) is 3. The van der Waals surface area contributed by atoms with E-state index in [2.05, 4.69) is 22.3 Å². The standard InChI is InChI=1S/C26H29ClN4O3/c1-29(2)26(34)24(32)21-16-30(3)23-12-22(27)20(11-19(21)23)25(33)28-13-18-9-10-31(15-18)14-17-7-5-4-6-8-17/h4-8,11-12,16,18H,9-10,13-15H2,1-3H3,(H,28,33)/t18-/m1/s1. The van der Waals surface area contributed by atoms with Gasteiger partial charge in [-0.3, -0.25) is 19.3 Å². The summed E-state index contributed by atoms with van der Waals surface area (Å²) in [7, 11) is 4.84. The zero-order valence-electron chi connectivity index (χ0n) is 19.7. The topological polar surface area (TPSA) is 74.6 Å². The average Bonchev–Trinajstić information content (AvgIpc) is 3.40. The Balaban J connectivity index is 1.45. The van der Waals surface area contributed by atoms with Gasteiger partial charge in [-0.25, -0.2) is 0 Å². The van der Waals surface area contributed by atoms with Crippen molar-refractivity contribution in [2.45, 2.75) is 13.0 Å². The first kappa shape index (κ1) is 24.0. The number of ketones is 1. The molecule has 178 valence electrons. The van der Waals surface area contributed by atoms with E-state index >= 15 is 0 Å². The molecule has 1 N–H and O–H groups in total. The summed E-state index contributed by atoms with van der Waals surface area (Å²) in [6.45, 7) is 3.38. The molecular weight excluding hydrogens is 452 g/mol. The molecule has 0 bridgehead atoms. The average molecular weight is 481 g/mol. The summed E-state index contributed by atoms with van der Waals surface area (Å²) in [6.07, 6.45) is 2.62. The van der Waals surface area contributed by atoms with Crippen LogP contribution in [0.15, 0.2) is 48.7 Å². The number of carbonyl (C=O) groups excluding carboxylic acids is 3. The maximum Gasteiger partial charge on any atom is 0.294 e. The Kier molecular flexibility index (Phi) is 7.05. The van der Waals surface area contributed by atoms with Crippen LogP contribution in [0.3, 0.4) is 0 Å². The van der Waals surface area contributed by atoms with Crippen LogP contribution in [-0.4, -0.2) is 65.7 Å². The second kappa shape index (κ2) is 9.99. The van der Waals surface area contributed by atoms with Gasteiger partial charge in [-0.05, 0) is 36.6 Å². The number of aryl methyl sites for hydroxylation is 1. The van der Waals surface area contributed by atoms with Crippen molar-refractivity contribution >= 4 is 40.1 Å². The van der Waals surface area contributed by atoms with E-state index in [1.54, 1.807) is 29.9 Å². The predicted molar refractivity (Wildman–Crippen MR) is 133 cm³/mol. The molecule has 2 amide bonds. The summed E-state index contributed by atoms with van der Waals surface area (Å²) in [5.74, 6) is -1.15. The zero-order valence-corrected chi connectivity index (χ0v) is 20.4. The molecule has 2 heterocycles. The first-order valence-corrected chi connectivity index (χ1v) is 11.7. The number of amides is 2. The number of halogens is 1. The van der Waals surface area contributed by atoms with Crippen LogP contribution in [0.25, 0.3) is 10.9 Å². The minimum atomic E-state index is -0.617. The third-order valence-corrected chi connectivity index (χ3v) is 6.65. The van der Waals surface area contributed by atoms with Crippen molar-refractivity contribution in [2.24, 2.45) is 13.0 Å². The molecule has 34 heavy (non-hydrogen) atoms. The van der Waals surface area contributed by atoms with Crippen molar-refractivity contribution in [3.8, 4) is 0 Å². The fourth-order valence-corrected chi connectivity index (χ4v) is 4.72. The predicted octanol–water partition coefficient (Wildman–Crippen LogP) is 3.35. The van der Waals surface area contributed by atoms with Crippen molar-refractivity contribution < 1.29 is 14.4 Å². The molecule has 1 saturated heterocycles. The highest BCUT2D eigenvalue weighted by atomic mass is 35.5. The zero-order chi connectivity index (χ0) is 24.4. The van der Waals surface area contributed by atoms with Gasteiger partial charge in [0, 0.05) is 52.4 Å². The Morgan fingerprint density at radius 2 is 1.85 bits per heavy atom. The van der Waals surface area contributed by atoms with Gasteiger partial charge in [0.2, 0.25) is 0 Å². The number of likely N-dealkylation sites (tertiary alicyclic amines) is 1. The maximum atomic E-state index is 13.0. The van der Waals surface area contributed by atoms with Crippen molar-refractivity contribution in [3.63, 3.8) is 0 Å². The normalized spacial score (nSPS) is 16.1. The highest BCUT2D eigenvalue weighted by Crippen LogP contribution is 2.28. The molecule has 4 rings (SSSR count). The highest BCUT2D eigenvalue weighted by molar-refractivity contribution is 6.45. The largest absolute Gasteiger partial charge is 0.352 e. The van der Waals surface area contributed by atoms with E-state index in [4.69, 9.17) is 11.6 Å². The highest BCUT2D eigenvalue weighted by Gasteiger charge is 2.26. The lowest BCUT2D eigenvalue weighted by Gasteiger charge is -2.16. The number of hydrogen-bond acceptors (Lipinski definition) is 4. The van der Waals surface area contributed by atoms with Crippen molar-refractivity contribution in [1.82, 2.24) is 19.7 Å². The van der Waals surface area contributed by atoms with Crippen LogP contribution in [0, 0.1) is 5.92 Å². The molecule has 1 aliphatic rings. The molecule has 0 radical (unpaired) electrons. The van der Waals surface area contributed by atoms with Crippen LogP contribution in [0.4, 0.5) is 0 Å². The number of nitrogens with one attached hydrogen (secondary N) is 1. The number of hydrogen-bond donors (Lipinski definition) is 1. The maximum absolute atomic E-state index is 13.0. The van der Waals surface area contributed by atoms with E-state index in [-0.39, 0.29) is 11.5 Å². The van der Waals surface area contributed by atoms with Gasteiger partial charge in [0.15, 0.2) is 0 Å². The molecule has 1 aliphatic heterocycles. The van der Waals surface area contributed by atoms with Crippen molar-refractivity contribution in [2.75, 3.05) is 33.7 Å². The second-order valence-corrected chi connectivity index (χ2v) is 9.52. The van der Waals surface area contributed by atoms with Crippen LogP contribution >= 0.6 is 11.6 Å². The van der Waals surface area contributed by atoms with E-state index in [0.717, 1.165) is 26.1 Å². The Bertz CT molecular complexity index is 1240. The lowest BCUT2D eigenvalue weighted by atomic mass is 10.0. The van der Waals surface area contributed by atoms with Gasteiger partial charge in [0.1, 0.15) is 0 Å². The molecule has 0 aliphatic carbocycles. The van der Waals surface area contributed by atoms with E-state index in [1.807, 2.05) is 18.2 Å². The minimum absolute atomic E-state index is 0.259. The van der Waals surface area contributed by atoms with E-state index in [1.165, 1.54) is 24.6 Å². The van der Waals surface area contributed by atoms with Crippen LogP contribution in [0.2, 0.25) is 5.02 Å². The molecule has 3 aromatic rings. The molecule has 1 atom stereocenters. The molecule has 1 fully saturated rings. The van der Waals surface area contributed by atoms with Gasteiger partial charge in [-0.1, -0.05) is 41.9 Å². The number of rotatable bonds is 7. The quantitative estimate of drug-likeness (QED) is 0.415. The van der Waals surface area contributed by atoms with Crippen LogP contribution in [0.5, 0.6) is 0 Å². The van der Waals surface area contributed by atoms with E-state index < -0.39 is 11.7 Å². The third-order valence-electron chi connectivity index (χ3n) is 6.34. The van der Waals surface area contributed by atoms with E-state index in [9.17, 15) is 14.4 Å². The molecule has 0 saturated carbocycles. The Labute approximate surface area is 204 Å². The van der Waals surface area contributed by atoms with Gasteiger partial charge in [-0.15, -0.1) is 0 Å². The molecular formula is C26H29ClN4O3. The number of carbonyl (C=O) groups is 3. The lowest BCUT2D eigenvalue weighted by Crippen LogP contribution is -2.31. The molecule has 8 heteroatoms. The Morgan fingerprint density at radius 1 is 1.12 bits per heavy atom. The first-order chi connectivity index (χ1) is 16.2. The minimum Gasteiger partial charge on any atom is -0.352 e. The fraction of sp³-hybridized carbons (Fsp3) is 0.346. The Hall–Kier alpha value is -3.16. The molecule has 7 nitrogen and oxygen atoms in total. The molecule has 1 aromatic heterocycles. The number of benzene rings is 2. The van der Waals surface area contributed by atoms with Crippen molar-refractivity contribution in [1.29, 1.82) is 0 Å². The number of Topliss-reactive ketones (excluding diaryl/α,β-unsaturated/α-hetero) is 1. The van der Waals surface area contributed by atoms with E-state index in [0.29, 0.717) is 34.0 Å². The lowest BCUT2D eigenvalue weighted by molar-refractivity contribution is -0.124. The summed E-state index contributed by atoms with van der Waals surface area (Å²) in [5, 5.41) is 3.85. The van der Waals surface area contributed by atoms with Crippen LogP contribution < -0.4 is 5.32 Å². The SMILES string of the molecule is CN(C)C(=O)C(=O)c1cn(C)c2cc(Cl)c(C(=O)NC[C@H]3CCN(Cc4ccccc4)C3)cc12. The molecule has 2 aromatic carbocycles.